The number of thiophene rings is 1. The number of alkyl halides is 1. The number of hydrogen-bond acceptors (Lipinski definition) is 9. The number of nitrogens with zero attached hydrogens (tertiary/aromatic N) is 5. The molecule has 2 aliphatic carbocycles. The first-order valence-electron chi connectivity index (χ1n) is 16.7. The van der Waals surface area contributed by atoms with Gasteiger partial charge in [0.25, 0.3) is 0 Å². The summed E-state index contributed by atoms with van der Waals surface area (Å²) in [6, 6.07) is 4.95. The zero-order valence-corrected chi connectivity index (χ0v) is 27.8. The number of nitrogen functional groups attached to an aromatic ring is 1. The second-order valence-corrected chi connectivity index (χ2v) is 16.1. The van der Waals surface area contributed by atoms with E-state index in [1.807, 2.05) is 13.0 Å². The molecule has 5 heterocycles. The number of halogens is 3. The molecule has 0 amide bonds. The molecule has 3 aromatic rings. The molecule has 2 bridgehead atoms. The van der Waals surface area contributed by atoms with Crippen LogP contribution in [0.15, 0.2) is 6.07 Å². The van der Waals surface area contributed by atoms with Crippen molar-refractivity contribution in [3.8, 4) is 12.1 Å². The number of anilines is 2. The third kappa shape index (κ3) is 5.02. The van der Waals surface area contributed by atoms with Crippen molar-refractivity contribution in [3.63, 3.8) is 0 Å². The third-order valence-corrected chi connectivity index (χ3v) is 12.7. The highest BCUT2D eigenvalue weighted by atomic mass is 35.5. The molecule has 5 aliphatic rings. The number of nitrogens with two attached hydrogens (primary N) is 1. The van der Waals surface area contributed by atoms with Crippen LogP contribution >= 0.6 is 22.9 Å². The van der Waals surface area contributed by atoms with Gasteiger partial charge in [-0.1, -0.05) is 24.9 Å². The van der Waals surface area contributed by atoms with E-state index in [0.717, 1.165) is 81.6 Å². The van der Waals surface area contributed by atoms with Gasteiger partial charge < -0.3 is 20.7 Å². The second kappa shape index (κ2) is 11.4. The van der Waals surface area contributed by atoms with Crippen LogP contribution in [0, 0.1) is 22.6 Å². The lowest BCUT2D eigenvalue weighted by Gasteiger charge is -2.43. The molecule has 3 unspecified atom stereocenters. The van der Waals surface area contributed by atoms with E-state index in [1.54, 1.807) is 0 Å². The first-order chi connectivity index (χ1) is 22.2. The Labute approximate surface area is 277 Å². The summed E-state index contributed by atoms with van der Waals surface area (Å²) in [7, 11) is 0. The van der Waals surface area contributed by atoms with Gasteiger partial charge >= 0.3 is 6.01 Å². The average molecular weight is 668 g/mol. The van der Waals surface area contributed by atoms with Crippen LogP contribution in [0.5, 0.6) is 6.01 Å². The Morgan fingerprint density at radius 2 is 1.93 bits per heavy atom. The number of nitrogens with one attached hydrogen (secondary N) is 1. The Kier molecular flexibility index (Phi) is 7.59. The molecule has 244 valence electrons. The fourth-order valence-corrected chi connectivity index (χ4v) is 10.5. The molecule has 4 atom stereocenters. The van der Waals surface area contributed by atoms with Crippen LogP contribution < -0.4 is 20.7 Å². The minimum absolute atomic E-state index is 0.0844. The maximum Gasteiger partial charge on any atom is 0.319 e. The van der Waals surface area contributed by atoms with Gasteiger partial charge in [0, 0.05) is 76.5 Å². The van der Waals surface area contributed by atoms with Gasteiger partial charge in [-0.2, -0.15) is 15.2 Å². The molecule has 12 heteroatoms. The average Bonchev–Trinajstić information content (AvgIpc) is 3.69. The van der Waals surface area contributed by atoms with Gasteiger partial charge in [0.2, 0.25) is 0 Å². The van der Waals surface area contributed by atoms with Crippen LogP contribution in [0.25, 0.3) is 10.9 Å². The molecule has 0 radical (unpaired) electrons. The largest absolute Gasteiger partial charge is 0.463 e. The minimum Gasteiger partial charge on any atom is -0.463 e. The quantitative estimate of drug-likeness (QED) is 0.311. The van der Waals surface area contributed by atoms with Crippen molar-refractivity contribution in [3.05, 3.63) is 38.5 Å². The van der Waals surface area contributed by atoms with Crippen LogP contribution in [0.3, 0.4) is 0 Å². The third-order valence-electron chi connectivity index (χ3n) is 11.4. The molecule has 4 fully saturated rings. The van der Waals surface area contributed by atoms with Gasteiger partial charge in [-0.25, -0.2) is 8.78 Å². The van der Waals surface area contributed by atoms with E-state index in [-0.39, 0.29) is 16.9 Å². The summed E-state index contributed by atoms with van der Waals surface area (Å²) in [5.41, 5.74) is 7.10. The highest BCUT2D eigenvalue weighted by molar-refractivity contribution is 7.16. The summed E-state index contributed by atoms with van der Waals surface area (Å²) in [5, 5.41) is 15.1. The van der Waals surface area contributed by atoms with E-state index in [1.165, 1.54) is 11.3 Å². The number of aryl methyl sites for hydroxylation is 1. The highest BCUT2D eigenvalue weighted by Gasteiger charge is 2.44. The second-order valence-electron chi connectivity index (χ2n) is 14.5. The summed E-state index contributed by atoms with van der Waals surface area (Å²) in [4.78, 5) is 15.1. The summed E-state index contributed by atoms with van der Waals surface area (Å²) in [6.07, 6.45) is 7.39. The number of piperazine rings is 1. The smallest absolute Gasteiger partial charge is 0.319 e. The normalized spacial score (nSPS) is 28.7. The van der Waals surface area contributed by atoms with Crippen molar-refractivity contribution in [2.24, 2.45) is 5.41 Å². The Balaban J connectivity index is 1.22. The number of fused-ring (bicyclic) bond motifs is 4. The number of benzene rings is 1. The van der Waals surface area contributed by atoms with Gasteiger partial charge in [0.05, 0.1) is 12.2 Å². The monoisotopic (exact) mass is 667 g/mol. The van der Waals surface area contributed by atoms with E-state index in [9.17, 15) is 9.65 Å². The van der Waals surface area contributed by atoms with Crippen LogP contribution in [-0.4, -0.2) is 72.5 Å². The van der Waals surface area contributed by atoms with Crippen molar-refractivity contribution >= 4 is 44.7 Å². The highest BCUT2D eigenvalue weighted by Crippen LogP contribution is 2.52. The molecule has 8 rings (SSSR count). The summed E-state index contributed by atoms with van der Waals surface area (Å²) >= 11 is 8.48. The predicted octanol–water partition coefficient (Wildman–Crippen LogP) is 6.11. The Hall–Kier alpha value is -2.78. The molecule has 46 heavy (non-hydrogen) atoms. The molecule has 8 nitrogen and oxygen atoms in total. The van der Waals surface area contributed by atoms with Crippen LogP contribution in [0.4, 0.5) is 19.6 Å². The number of nitriles is 1. The maximum absolute atomic E-state index is 17.2. The molecule has 0 spiro atoms. The molecule has 3 aliphatic heterocycles. The maximum atomic E-state index is 17.2. The fourth-order valence-electron chi connectivity index (χ4n) is 8.93. The lowest BCUT2D eigenvalue weighted by atomic mass is 9.68. The molecule has 1 aromatic carbocycles. The van der Waals surface area contributed by atoms with Crippen molar-refractivity contribution in [2.75, 3.05) is 50.0 Å². The number of rotatable bonds is 7. The molecular weight excluding hydrogens is 628 g/mol. The molecule has 3 N–H and O–H groups in total. The zero-order chi connectivity index (χ0) is 31.8. The zero-order valence-electron chi connectivity index (χ0n) is 26.2. The van der Waals surface area contributed by atoms with Gasteiger partial charge in [-0.15, -0.1) is 11.3 Å². The van der Waals surface area contributed by atoms with E-state index >= 15 is 4.39 Å². The number of ether oxygens (including phenoxy) is 1. The number of hydrogen-bond donors (Lipinski definition) is 2. The van der Waals surface area contributed by atoms with Gasteiger partial charge in [-0.3, -0.25) is 4.90 Å². The van der Waals surface area contributed by atoms with E-state index in [0.29, 0.717) is 70.4 Å². The van der Waals surface area contributed by atoms with Crippen LogP contribution in [0.1, 0.15) is 79.9 Å². The van der Waals surface area contributed by atoms with E-state index in [2.05, 4.69) is 21.2 Å². The van der Waals surface area contributed by atoms with Crippen molar-refractivity contribution in [1.82, 2.24) is 20.2 Å². The summed E-state index contributed by atoms with van der Waals surface area (Å²) in [5.74, 6) is 0.141. The Morgan fingerprint density at radius 3 is 2.61 bits per heavy atom. The predicted molar refractivity (Wildman–Crippen MR) is 177 cm³/mol. The van der Waals surface area contributed by atoms with E-state index in [4.69, 9.17) is 32.0 Å². The topological polar surface area (TPSA) is 103 Å². The molecule has 1 saturated carbocycles. The van der Waals surface area contributed by atoms with Crippen molar-refractivity contribution in [1.29, 1.82) is 5.26 Å². The van der Waals surface area contributed by atoms with Gasteiger partial charge in [-0.05, 0) is 63.0 Å². The SMILES string of the molecule is CC1(c2c(Cl)cc3c(N4CC5CCC(C4)N5)nc(OCC4(CN5CC[C@@H](F)C5)CCC4)nc3c2F)CCCc2sc(N)c(C#N)c21. The van der Waals surface area contributed by atoms with Crippen molar-refractivity contribution in [2.45, 2.75) is 88.4 Å². The summed E-state index contributed by atoms with van der Waals surface area (Å²) in [6.45, 7) is 5.92. The molecular formula is C34H40ClF2N7OS. The molecule has 3 saturated heterocycles. The Morgan fingerprint density at radius 1 is 1.15 bits per heavy atom. The van der Waals surface area contributed by atoms with Crippen LogP contribution in [0.2, 0.25) is 5.02 Å². The minimum atomic E-state index is -0.845. The first-order valence-corrected chi connectivity index (χ1v) is 17.9. The first kappa shape index (κ1) is 30.5. The number of likely N-dealkylation sites (tertiary alicyclic amines) is 1. The molecule has 2 aromatic heterocycles. The Bertz CT molecular complexity index is 1730. The standard InChI is InChI=1S/C34H40ClF2N7OS/c1-33(8-2-4-25-26(33)23(13-38)30(39)46-25)27-24(35)12-22-29(28(27)37)41-32(42-31(22)44-15-20-5-6-21(16-44)40-20)45-18-34(9-3-10-34)17-43-11-7-19(36)14-43/h12,19-21,40H,2-11,14-18,39H2,1H3/t19-,20?,21?,33?/m1/s1. The fraction of sp³-hybridized carbons (Fsp3) is 0.618. The van der Waals surface area contributed by atoms with E-state index < -0.39 is 17.4 Å². The number of aromatic nitrogens is 2. The van der Waals surface area contributed by atoms with Gasteiger partial charge in [0.1, 0.15) is 28.6 Å². The summed E-state index contributed by atoms with van der Waals surface area (Å²) < 4.78 is 37.6. The van der Waals surface area contributed by atoms with Crippen LogP contribution in [-0.2, 0) is 11.8 Å². The lowest BCUT2D eigenvalue weighted by molar-refractivity contribution is 0.0196. The van der Waals surface area contributed by atoms with Crippen molar-refractivity contribution < 1.29 is 13.5 Å². The van der Waals surface area contributed by atoms with Gasteiger partial charge in [0.15, 0.2) is 5.82 Å². The lowest BCUT2D eigenvalue weighted by Crippen LogP contribution is -2.51.